The number of nitrogens with one attached hydrogen (secondary N) is 1. The average Bonchev–Trinajstić information content (AvgIpc) is 3.05. The Morgan fingerprint density at radius 1 is 1.37 bits per heavy atom. The molecule has 0 bridgehead atoms. The van der Waals surface area contributed by atoms with Crippen LogP contribution in [-0.4, -0.2) is 51.8 Å². The van der Waals surface area contributed by atoms with Crippen molar-refractivity contribution in [1.29, 1.82) is 0 Å². The number of amides is 3. The molecule has 2 aliphatic carbocycles. The Morgan fingerprint density at radius 2 is 2.10 bits per heavy atom. The highest BCUT2D eigenvalue weighted by molar-refractivity contribution is 6.29. The number of hydrogen-bond donors (Lipinski definition) is 2. The van der Waals surface area contributed by atoms with Gasteiger partial charge in [-0.05, 0) is 12.5 Å². The van der Waals surface area contributed by atoms with E-state index in [4.69, 9.17) is 17.3 Å². The van der Waals surface area contributed by atoms with Crippen molar-refractivity contribution in [1.82, 2.24) is 20.0 Å². The van der Waals surface area contributed by atoms with Gasteiger partial charge in [0.15, 0.2) is 0 Å². The number of hydrogen-bond acceptors (Lipinski definition) is 3. The van der Waals surface area contributed by atoms with Crippen molar-refractivity contribution >= 4 is 23.5 Å². The second kappa shape index (κ2) is 7.64. The molecule has 0 radical (unpaired) electrons. The van der Waals surface area contributed by atoms with Gasteiger partial charge < -0.3 is 16.0 Å². The predicted octanol–water partition coefficient (Wildman–Crippen LogP) is 2.98. The molecule has 1 aromatic rings. The van der Waals surface area contributed by atoms with E-state index < -0.39 is 49.5 Å². The molecule has 3 amide bonds. The molecule has 1 aliphatic heterocycles. The van der Waals surface area contributed by atoms with Crippen LogP contribution >= 0.6 is 11.6 Å². The summed E-state index contributed by atoms with van der Waals surface area (Å²) >= 11 is 6.11. The molecule has 7 nitrogen and oxygen atoms in total. The van der Waals surface area contributed by atoms with Crippen molar-refractivity contribution in [3.63, 3.8) is 0 Å². The van der Waals surface area contributed by atoms with Gasteiger partial charge in [0.2, 0.25) is 0 Å². The number of alkyl halides is 3. The maximum atomic E-state index is 13.8. The van der Waals surface area contributed by atoms with Gasteiger partial charge in [-0.25, -0.2) is 18.0 Å². The second-order valence-corrected chi connectivity index (χ2v) is 8.41. The molecule has 1 aromatic heterocycles. The van der Waals surface area contributed by atoms with Gasteiger partial charge in [0.05, 0.1) is 29.5 Å². The zero-order valence-corrected chi connectivity index (χ0v) is 16.7. The van der Waals surface area contributed by atoms with E-state index in [1.807, 2.05) is 6.08 Å². The van der Waals surface area contributed by atoms with Crippen LogP contribution < -0.4 is 11.1 Å². The fourth-order valence-corrected chi connectivity index (χ4v) is 4.41. The van der Waals surface area contributed by atoms with E-state index in [1.165, 1.54) is 9.58 Å². The van der Waals surface area contributed by atoms with E-state index in [0.29, 0.717) is 22.8 Å². The molecule has 2 heterocycles. The predicted molar refractivity (Wildman–Crippen MR) is 103 cm³/mol. The number of carbonyl (C=O) groups excluding carboxylic acids is 2. The highest BCUT2D eigenvalue weighted by atomic mass is 35.5. The molecule has 162 valence electrons. The van der Waals surface area contributed by atoms with E-state index in [2.05, 4.69) is 10.4 Å². The molecule has 30 heavy (non-hydrogen) atoms. The third-order valence-electron chi connectivity index (χ3n) is 5.67. The summed E-state index contributed by atoms with van der Waals surface area (Å²) in [5, 5.41) is 7.60. The quantitative estimate of drug-likeness (QED) is 0.749. The topological polar surface area (TPSA) is 93.2 Å². The number of primary amides is 1. The van der Waals surface area contributed by atoms with E-state index in [1.54, 1.807) is 12.2 Å². The van der Waals surface area contributed by atoms with Gasteiger partial charge in [-0.3, -0.25) is 9.48 Å². The van der Waals surface area contributed by atoms with Crippen molar-refractivity contribution in [2.45, 2.75) is 49.7 Å². The first-order chi connectivity index (χ1) is 14.2. The summed E-state index contributed by atoms with van der Waals surface area (Å²) in [7, 11) is 0. The van der Waals surface area contributed by atoms with Crippen LogP contribution in [0.1, 0.15) is 53.0 Å². The van der Waals surface area contributed by atoms with Gasteiger partial charge in [-0.1, -0.05) is 23.8 Å². The zero-order valence-electron chi connectivity index (χ0n) is 16.0. The van der Waals surface area contributed by atoms with Crippen molar-refractivity contribution in [3.05, 3.63) is 40.2 Å². The molecule has 2 unspecified atom stereocenters. The Morgan fingerprint density at radius 3 is 2.70 bits per heavy atom. The highest BCUT2D eigenvalue weighted by Crippen LogP contribution is 2.38. The summed E-state index contributed by atoms with van der Waals surface area (Å²) in [6.07, 6.45) is 4.90. The Balaban J connectivity index is 1.61. The first-order valence-corrected chi connectivity index (χ1v) is 9.99. The minimum Gasteiger partial charge on any atom is -0.365 e. The number of rotatable bonds is 4. The molecule has 2 atom stereocenters. The van der Waals surface area contributed by atoms with E-state index in [0.717, 1.165) is 0 Å². The number of fused-ring (bicyclic) bond motifs is 1. The number of urea groups is 1. The maximum absolute atomic E-state index is 13.8. The smallest absolute Gasteiger partial charge is 0.318 e. The largest absolute Gasteiger partial charge is 0.365 e. The van der Waals surface area contributed by atoms with Crippen molar-refractivity contribution in [2.24, 2.45) is 5.73 Å². The molecule has 3 aliphatic rings. The Bertz CT molecular complexity index is 937. The first kappa shape index (κ1) is 20.8. The lowest BCUT2D eigenvalue weighted by Gasteiger charge is -2.38. The Kier molecular flexibility index (Phi) is 5.29. The number of nitrogens with two attached hydrogens (primary N) is 1. The highest BCUT2D eigenvalue weighted by Gasteiger charge is 2.46. The molecule has 4 rings (SSSR count). The molecule has 0 saturated heterocycles. The molecule has 1 fully saturated rings. The summed E-state index contributed by atoms with van der Waals surface area (Å²) in [5.41, 5.74) is 6.48. The van der Waals surface area contributed by atoms with Crippen LogP contribution in [0.5, 0.6) is 0 Å². The molecular formula is C19H21ClF3N5O2. The maximum Gasteiger partial charge on any atom is 0.318 e. The van der Waals surface area contributed by atoms with Crippen LogP contribution in [0.4, 0.5) is 18.0 Å². The lowest BCUT2D eigenvalue weighted by Crippen LogP contribution is -2.55. The fraction of sp³-hybridized carbons (Fsp3) is 0.526. The normalized spacial score (nSPS) is 25.3. The average molecular weight is 444 g/mol. The number of halogens is 4. The number of allylic oxidation sites excluding steroid dienone is 4. The molecule has 0 spiro atoms. The molecule has 3 N–H and O–H groups in total. The molecule has 1 saturated carbocycles. The van der Waals surface area contributed by atoms with E-state index in [-0.39, 0.29) is 24.6 Å². The monoisotopic (exact) mass is 443 g/mol. The SMILES string of the molecule is NC(=O)c1c(C2C=CC=C(Cl)C2)nn2c1CN(C(=O)NC1CC(F)(F)C1)CC2CF. The Labute approximate surface area is 175 Å². The van der Waals surface area contributed by atoms with E-state index in [9.17, 15) is 22.8 Å². The van der Waals surface area contributed by atoms with Crippen molar-refractivity contribution in [3.8, 4) is 0 Å². The molecule has 0 aromatic carbocycles. The number of carbonyl (C=O) groups is 2. The van der Waals surface area contributed by atoms with Crippen LogP contribution in [0.3, 0.4) is 0 Å². The minimum absolute atomic E-state index is 0.00106. The van der Waals surface area contributed by atoms with Crippen LogP contribution in [0, 0.1) is 0 Å². The lowest BCUT2D eigenvalue weighted by molar-refractivity contribution is -0.0904. The second-order valence-electron chi connectivity index (χ2n) is 7.92. The summed E-state index contributed by atoms with van der Waals surface area (Å²) in [6, 6.07) is -2.02. The van der Waals surface area contributed by atoms with Gasteiger partial charge in [0.1, 0.15) is 6.67 Å². The van der Waals surface area contributed by atoms with Gasteiger partial charge >= 0.3 is 6.03 Å². The zero-order chi connectivity index (χ0) is 21.6. The van der Waals surface area contributed by atoms with Gasteiger partial charge in [-0.15, -0.1) is 0 Å². The Hall–Kier alpha value is -2.49. The fourth-order valence-electron chi connectivity index (χ4n) is 4.17. The van der Waals surface area contributed by atoms with Crippen LogP contribution in [0.2, 0.25) is 0 Å². The third kappa shape index (κ3) is 3.80. The molecular weight excluding hydrogens is 423 g/mol. The van der Waals surface area contributed by atoms with E-state index >= 15 is 0 Å². The summed E-state index contributed by atoms with van der Waals surface area (Å²) < 4.78 is 41.3. The van der Waals surface area contributed by atoms with Crippen molar-refractivity contribution < 1.29 is 22.8 Å². The number of aromatic nitrogens is 2. The third-order valence-corrected chi connectivity index (χ3v) is 5.95. The van der Waals surface area contributed by atoms with Crippen molar-refractivity contribution in [2.75, 3.05) is 13.2 Å². The minimum atomic E-state index is -2.77. The van der Waals surface area contributed by atoms with Gasteiger partial charge in [-0.2, -0.15) is 5.10 Å². The summed E-state index contributed by atoms with van der Waals surface area (Å²) in [5.74, 6) is -3.80. The standard InChI is InChI=1S/C19H21ClF3N5O2/c20-11-3-1-2-10(4-11)16-15(17(24)29)14-9-27(8-13(7-21)28(14)26-16)18(30)25-12-5-19(22,23)6-12/h1-3,10,12-13H,4-9H2,(H2,24,29)(H,25,30). The van der Waals surface area contributed by atoms with Crippen LogP contribution in [0.15, 0.2) is 23.3 Å². The number of nitrogens with zero attached hydrogens (tertiary/aromatic N) is 3. The van der Waals surface area contributed by atoms with Gasteiger partial charge in [0, 0.05) is 36.4 Å². The van der Waals surface area contributed by atoms with Gasteiger partial charge in [0.25, 0.3) is 11.8 Å². The first-order valence-electron chi connectivity index (χ1n) is 9.61. The summed E-state index contributed by atoms with van der Waals surface area (Å²) in [4.78, 5) is 26.1. The van der Waals surface area contributed by atoms with Crippen LogP contribution in [0.25, 0.3) is 0 Å². The molecule has 11 heteroatoms. The lowest BCUT2D eigenvalue weighted by atomic mass is 9.88. The summed E-state index contributed by atoms with van der Waals surface area (Å²) in [6.45, 7) is -0.853. The van der Waals surface area contributed by atoms with Crippen LogP contribution in [-0.2, 0) is 6.54 Å².